The third-order valence-electron chi connectivity index (χ3n) is 4.11. The van der Waals surface area contributed by atoms with Crippen LogP contribution in [0, 0.1) is 12.8 Å². The Labute approximate surface area is 124 Å². The molecule has 0 bridgehead atoms. The summed E-state index contributed by atoms with van der Waals surface area (Å²) in [5, 5.41) is 8.66. The summed E-state index contributed by atoms with van der Waals surface area (Å²) in [6.07, 6.45) is 6.02. The summed E-state index contributed by atoms with van der Waals surface area (Å²) in [5.74, 6) is 3.36. The Bertz CT molecular complexity index is 501. The number of aliphatic imine (C=N–C) groups is 1. The molecule has 5 nitrogen and oxygen atoms in total. The van der Waals surface area contributed by atoms with Crippen LogP contribution in [-0.4, -0.2) is 33.1 Å². The number of thioether (sulfide) groups is 1. The monoisotopic (exact) mass is 294 g/mol. The zero-order chi connectivity index (χ0) is 14.0. The van der Waals surface area contributed by atoms with E-state index in [1.165, 1.54) is 25.7 Å². The fourth-order valence-electron chi connectivity index (χ4n) is 3.20. The smallest absolute Gasteiger partial charge is 0.223 e. The van der Waals surface area contributed by atoms with Gasteiger partial charge in [-0.05, 0) is 18.8 Å². The van der Waals surface area contributed by atoms with Crippen LogP contribution in [0.4, 0.5) is 0 Å². The zero-order valence-electron chi connectivity index (χ0n) is 12.2. The Morgan fingerprint density at radius 1 is 1.55 bits per heavy atom. The maximum absolute atomic E-state index is 4.96. The van der Waals surface area contributed by atoms with E-state index in [4.69, 9.17) is 4.52 Å². The second-order valence-corrected chi connectivity index (χ2v) is 7.03. The van der Waals surface area contributed by atoms with E-state index in [0.717, 1.165) is 35.6 Å². The first-order valence-electron chi connectivity index (χ1n) is 7.40. The van der Waals surface area contributed by atoms with E-state index in [2.05, 4.69) is 27.4 Å². The summed E-state index contributed by atoms with van der Waals surface area (Å²) in [5.41, 5.74) is 0.309. The Kier molecular flexibility index (Phi) is 4.01. The van der Waals surface area contributed by atoms with Crippen LogP contribution in [0.25, 0.3) is 0 Å². The normalized spacial score (nSPS) is 31.9. The average molecular weight is 294 g/mol. The maximum Gasteiger partial charge on any atom is 0.223 e. The first kappa shape index (κ1) is 13.9. The lowest BCUT2D eigenvalue weighted by molar-refractivity contribution is 0.242. The van der Waals surface area contributed by atoms with E-state index in [0.29, 0.717) is 11.4 Å². The summed E-state index contributed by atoms with van der Waals surface area (Å²) in [6, 6.07) is 0. The van der Waals surface area contributed by atoms with Crippen LogP contribution in [-0.2, 0) is 6.42 Å². The minimum Gasteiger partial charge on any atom is -0.359 e. The van der Waals surface area contributed by atoms with Crippen LogP contribution >= 0.6 is 11.8 Å². The van der Waals surface area contributed by atoms with Gasteiger partial charge in [-0.2, -0.15) is 4.98 Å². The van der Waals surface area contributed by atoms with Crippen molar-refractivity contribution in [3.05, 3.63) is 11.7 Å². The second-order valence-electron chi connectivity index (χ2n) is 6.06. The number of aromatic nitrogens is 2. The van der Waals surface area contributed by atoms with Crippen molar-refractivity contribution in [2.24, 2.45) is 10.9 Å². The predicted octanol–water partition coefficient (Wildman–Crippen LogP) is 2.56. The van der Waals surface area contributed by atoms with Gasteiger partial charge in [0.1, 0.15) is 0 Å². The van der Waals surface area contributed by atoms with Crippen LogP contribution in [0.1, 0.15) is 44.3 Å². The van der Waals surface area contributed by atoms with Gasteiger partial charge in [0.05, 0.1) is 0 Å². The van der Waals surface area contributed by atoms with Gasteiger partial charge in [0.2, 0.25) is 5.89 Å². The van der Waals surface area contributed by atoms with Crippen molar-refractivity contribution in [2.75, 3.05) is 12.3 Å². The van der Waals surface area contributed by atoms with Crippen molar-refractivity contribution in [3.8, 4) is 0 Å². The molecule has 20 heavy (non-hydrogen) atoms. The molecule has 1 spiro atoms. The number of aryl methyl sites for hydroxylation is 1. The van der Waals surface area contributed by atoms with Gasteiger partial charge in [-0.25, -0.2) is 0 Å². The number of amidine groups is 1. The molecule has 6 heteroatoms. The van der Waals surface area contributed by atoms with E-state index < -0.39 is 0 Å². The number of rotatable bonds is 3. The molecule has 3 rings (SSSR count). The lowest BCUT2D eigenvalue weighted by atomic mass is 9.78. The molecule has 1 saturated carbocycles. The molecule has 0 amide bonds. The third-order valence-corrected chi connectivity index (χ3v) is 5.31. The van der Waals surface area contributed by atoms with Crippen LogP contribution < -0.4 is 5.32 Å². The maximum atomic E-state index is 4.96. The second kappa shape index (κ2) is 5.76. The quantitative estimate of drug-likeness (QED) is 0.928. The molecule has 1 aliphatic heterocycles. The minimum absolute atomic E-state index is 0.309. The van der Waals surface area contributed by atoms with Gasteiger partial charge < -0.3 is 9.84 Å². The lowest BCUT2D eigenvalue weighted by Crippen LogP contribution is -2.47. The molecule has 1 aliphatic carbocycles. The van der Waals surface area contributed by atoms with E-state index >= 15 is 0 Å². The molecule has 2 fully saturated rings. The molecule has 1 N–H and O–H groups in total. The highest BCUT2D eigenvalue weighted by atomic mass is 32.2. The standard InChI is InChI=1S/C14H22N4OS/c1-10-4-3-6-14(8-10)9-20-13(17-14)15-7-5-12-16-11(2)19-18-12/h10H,3-9H2,1-2H3,(H,15,17). The number of nitrogens with zero attached hydrogens (tertiary/aromatic N) is 3. The fraction of sp³-hybridized carbons (Fsp3) is 0.786. The van der Waals surface area contributed by atoms with Crippen LogP contribution in [0.3, 0.4) is 0 Å². The molecule has 0 radical (unpaired) electrons. The SMILES string of the molecule is Cc1nc(CCN=C2NC3(CCCC(C)C3)CS2)no1. The van der Waals surface area contributed by atoms with E-state index in [-0.39, 0.29) is 0 Å². The van der Waals surface area contributed by atoms with Gasteiger partial charge in [0.15, 0.2) is 11.0 Å². The van der Waals surface area contributed by atoms with E-state index in [1.807, 2.05) is 18.7 Å². The topological polar surface area (TPSA) is 63.3 Å². The molecule has 1 aromatic heterocycles. The van der Waals surface area contributed by atoms with Crippen molar-refractivity contribution < 1.29 is 4.52 Å². The molecular weight excluding hydrogens is 272 g/mol. The first-order chi connectivity index (χ1) is 9.65. The van der Waals surface area contributed by atoms with Crippen LogP contribution in [0.2, 0.25) is 0 Å². The predicted molar refractivity (Wildman–Crippen MR) is 81.0 cm³/mol. The average Bonchev–Trinajstić information content (AvgIpc) is 2.97. The highest BCUT2D eigenvalue weighted by Gasteiger charge is 2.40. The zero-order valence-corrected chi connectivity index (χ0v) is 13.0. The minimum atomic E-state index is 0.309. The van der Waals surface area contributed by atoms with Crippen molar-refractivity contribution >= 4 is 16.9 Å². The summed E-state index contributed by atoms with van der Waals surface area (Å²) < 4.78 is 4.96. The Morgan fingerprint density at radius 2 is 2.45 bits per heavy atom. The highest BCUT2D eigenvalue weighted by molar-refractivity contribution is 8.14. The molecule has 0 aromatic carbocycles. The van der Waals surface area contributed by atoms with Crippen molar-refractivity contribution in [1.82, 2.24) is 15.5 Å². The largest absolute Gasteiger partial charge is 0.359 e. The van der Waals surface area contributed by atoms with Crippen LogP contribution in [0.5, 0.6) is 0 Å². The van der Waals surface area contributed by atoms with Crippen LogP contribution in [0.15, 0.2) is 9.52 Å². The van der Waals surface area contributed by atoms with Gasteiger partial charge in [-0.3, -0.25) is 4.99 Å². The Hall–Kier alpha value is -1.04. The third kappa shape index (κ3) is 3.16. The fourth-order valence-corrected chi connectivity index (χ4v) is 4.41. The number of nitrogens with one attached hydrogen (secondary N) is 1. The van der Waals surface area contributed by atoms with Crippen molar-refractivity contribution in [3.63, 3.8) is 0 Å². The Balaban J connectivity index is 1.52. The van der Waals surface area contributed by atoms with E-state index in [9.17, 15) is 0 Å². The molecule has 2 unspecified atom stereocenters. The van der Waals surface area contributed by atoms with Gasteiger partial charge in [0.25, 0.3) is 0 Å². The van der Waals surface area contributed by atoms with Gasteiger partial charge in [0, 0.05) is 31.2 Å². The summed E-state index contributed by atoms with van der Waals surface area (Å²) >= 11 is 1.86. The molecular formula is C14H22N4OS. The van der Waals surface area contributed by atoms with Crippen molar-refractivity contribution in [1.29, 1.82) is 0 Å². The van der Waals surface area contributed by atoms with E-state index in [1.54, 1.807) is 0 Å². The first-order valence-corrected chi connectivity index (χ1v) is 8.38. The summed E-state index contributed by atoms with van der Waals surface area (Å²) in [7, 11) is 0. The summed E-state index contributed by atoms with van der Waals surface area (Å²) in [4.78, 5) is 8.84. The lowest BCUT2D eigenvalue weighted by Gasteiger charge is -2.36. The van der Waals surface area contributed by atoms with Gasteiger partial charge in [-0.15, -0.1) is 0 Å². The molecule has 2 atom stereocenters. The number of hydrogen-bond acceptors (Lipinski definition) is 5. The Morgan fingerprint density at radius 3 is 3.20 bits per heavy atom. The van der Waals surface area contributed by atoms with Gasteiger partial charge >= 0.3 is 0 Å². The summed E-state index contributed by atoms with van der Waals surface area (Å²) in [6.45, 7) is 4.89. The highest BCUT2D eigenvalue weighted by Crippen LogP contribution is 2.38. The van der Waals surface area contributed by atoms with Crippen molar-refractivity contribution in [2.45, 2.75) is 51.5 Å². The molecule has 2 aliphatic rings. The van der Waals surface area contributed by atoms with Gasteiger partial charge in [-0.1, -0.05) is 36.7 Å². The molecule has 2 heterocycles. The molecule has 1 aromatic rings. The molecule has 1 saturated heterocycles. The number of hydrogen-bond donors (Lipinski definition) is 1. The molecule has 110 valence electrons.